The van der Waals surface area contributed by atoms with Gasteiger partial charge in [-0.2, -0.15) is 18.3 Å². The van der Waals surface area contributed by atoms with Crippen molar-refractivity contribution in [3.05, 3.63) is 41.7 Å². The van der Waals surface area contributed by atoms with E-state index in [1.807, 2.05) is 24.3 Å². The highest BCUT2D eigenvalue weighted by atomic mass is 19.4. The van der Waals surface area contributed by atoms with Gasteiger partial charge in [0.05, 0.1) is 5.54 Å². The summed E-state index contributed by atoms with van der Waals surface area (Å²) in [6.45, 7) is 0. The zero-order valence-corrected chi connectivity index (χ0v) is 15.1. The molecule has 0 bridgehead atoms. The minimum atomic E-state index is -5.08. The Labute approximate surface area is 163 Å². The molecule has 1 heterocycles. The van der Waals surface area contributed by atoms with Crippen LogP contribution in [0.5, 0.6) is 0 Å². The second-order valence-corrected chi connectivity index (χ2v) is 6.47. The van der Waals surface area contributed by atoms with Gasteiger partial charge in [-0.1, -0.05) is 31.0 Å². The molecule has 1 aromatic heterocycles. The number of hydrogen-bond acceptors (Lipinski definition) is 5. The Hall–Kier alpha value is -3.21. The van der Waals surface area contributed by atoms with Crippen molar-refractivity contribution >= 4 is 18.0 Å². The molecule has 156 valence electrons. The Morgan fingerprint density at radius 2 is 1.83 bits per heavy atom. The van der Waals surface area contributed by atoms with Gasteiger partial charge in [0.25, 0.3) is 0 Å². The third-order valence-corrected chi connectivity index (χ3v) is 4.26. The molecule has 1 aliphatic carbocycles. The van der Waals surface area contributed by atoms with E-state index in [1.54, 1.807) is 6.08 Å². The molecular weight excluding hydrogens is 393 g/mol. The van der Waals surface area contributed by atoms with Gasteiger partial charge in [-0.25, -0.2) is 14.6 Å². The predicted octanol–water partition coefficient (Wildman–Crippen LogP) is 2.93. The van der Waals surface area contributed by atoms with Gasteiger partial charge in [0.15, 0.2) is 5.82 Å². The average Bonchev–Trinajstić information content (AvgIpc) is 3.30. The fourth-order valence-corrected chi connectivity index (χ4v) is 2.81. The van der Waals surface area contributed by atoms with Gasteiger partial charge in [-0.05, 0) is 30.5 Å². The van der Waals surface area contributed by atoms with Crippen LogP contribution in [0.25, 0.3) is 17.5 Å². The van der Waals surface area contributed by atoms with Gasteiger partial charge < -0.3 is 15.9 Å². The lowest BCUT2D eigenvalue weighted by atomic mass is 9.98. The summed E-state index contributed by atoms with van der Waals surface area (Å²) >= 11 is 0. The van der Waals surface area contributed by atoms with E-state index in [1.165, 1.54) is 0 Å². The number of halogens is 3. The summed E-state index contributed by atoms with van der Waals surface area (Å²) < 4.78 is 31.7. The topological polar surface area (TPSA) is 142 Å². The maximum absolute atomic E-state index is 10.6. The van der Waals surface area contributed by atoms with Crippen molar-refractivity contribution in [3.63, 3.8) is 0 Å². The number of aromatic amines is 1. The number of nitrogens with one attached hydrogen (secondary N) is 1. The molecule has 0 unspecified atom stereocenters. The first-order valence-corrected chi connectivity index (χ1v) is 8.54. The van der Waals surface area contributed by atoms with Crippen LogP contribution in [0.1, 0.15) is 37.1 Å². The standard InChI is InChI=1S/C16H18N4O2.C2HF3O2/c17-16(8-1-2-9-16)15-18-14(19-20-15)12-5-3-4-11(10-12)6-7-13(21)22;3-2(4,5)1(6)7/h3-7,10H,1-2,8-9,17H2,(H,21,22)(H,18,19,20);(H,6,7)/b7-6+;. The maximum Gasteiger partial charge on any atom is 0.490 e. The van der Waals surface area contributed by atoms with Crippen molar-refractivity contribution in [2.75, 3.05) is 0 Å². The molecule has 1 fully saturated rings. The normalized spacial score (nSPS) is 15.7. The predicted molar refractivity (Wildman–Crippen MR) is 96.5 cm³/mol. The first-order valence-electron chi connectivity index (χ1n) is 8.54. The lowest BCUT2D eigenvalue weighted by molar-refractivity contribution is -0.192. The molecule has 29 heavy (non-hydrogen) atoms. The Bertz CT molecular complexity index is 903. The number of nitrogens with two attached hydrogens (primary N) is 1. The maximum atomic E-state index is 10.6. The van der Waals surface area contributed by atoms with Gasteiger partial charge >= 0.3 is 18.1 Å². The van der Waals surface area contributed by atoms with E-state index >= 15 is 0 Å². The fraction of sp³-hybridized carbons (Fsp3) is 0.333. The van der Waals surface area contributed by atoms with E-state index in [2.05, 4.69) is 15.2 Å². The van der Waals surface area contributed by atoms with Crippen LogP contribution in [0, 0.1) is 0 Å². The summed E-state index contributed by atoms with van der Waals surface area (Å²) in [5, 5.41) is 23.0. The number of aromatic nitrogens is 3. The minimum absolute atomic E-state index is 0.397. The number of aliphatic carboxylic acids is 2. The number of benzene rings is 1. The van der Waals surface area contributed by atoms with Crippen molar-refractivity contribution in [2.24, 2.45) is 5.73 Å². The zero-order chi connectivity index (χ0) is 21.7. The molecule has 1 saturated carbocycles. The van der Waals surface area contributed by atoms with E-state index in [0.29, 0.717) is 5.82 Å². The van der Waals surface area contributed by atoms with Crippen LogP contribution in [0.4, 0.5) is 13.2 Å². The second-order valence-electron chi connectivity index (χ2n) is 6.47. The lowest BCUT2D eigenvalue weighted by Crippen LogP contribution is -2.34. The molecule has 0 aliphatic heterocycles. The van der Waals surface area contributed by atoms with E-state index in [0.717, 1.165) is 48.7 Å². The van der Waals surface area contributed by atoms with Crippen LogP contribution < -0.4 is 5.73 Å². The summed E-state index contributed by atoms with van der Waals surface area (Å²) in [7, 11) is 0. The summed E-state index contributed by atoms with van der Waals surface area (Å²) in [4.78, 5) is 24.0. The highest BCUT2D eigenvalue weighted by Crippen LogP contribution is 2.34. The Balaban J connectivity index is 0.000000370. The van der Waals surface area contributed by atoms with E-state index < -0.39 is 23.7 Å². The summed E-state index contributed by atoms with van der Waals surface area (Å²) in [6.07, 6.45) is 1.63. The molecule has 0 spiro atoms. The van der Waals surface area contributed by atoms with Crippen molar-refractivity contribution in [3.8, 4) is 11.4 Å². The zero-order valence-electron chi connectivity index (χ0n) is 15.1. The first-order chi connectivity index (χ1) is 13.5. The van der Waals surface area contributed by atoms with E-state index in [9.17, 15) is 18.0 Å². The summed E-state index contributed by atoms with van der Waals surface area (Å²) in [5.74, 6) is -2.42. The van der Waals surface area contributed by atoms with Gasteiger partial charge in [0, 0.05) is 11.6 Å². The molecule has 0 radical (unpaired) electrons. The van der Waals surface area contributed by atoms with Gasteiger partial charge in [0.2, 0.25) is 0 Å². The molecular formula is C18H19F3N4O4. The number of carbonyl (C=O) groups is 2. The third kappa shape index (κ3) is 6.14. The number of alkyl halides is 3. The number of hydrogen-bond donors (Lipinski definition) is 4. The van der Waals surface area contributed by atoms with Crippen LogP contribution in [0.3, 0.4) is 0 Å². The van der Waals surface area contributed by atoms with Crippen LogP contribution in [0.15, 0.2) is 30.3 Å². The largest absolute Gasteiger partial charge is 0.490 e. The van der Waals surface area contributed by atoms with E-state index in [4.69, 9.17) is 20.7 Å². The number of nitrogens with zero attached hydrogens (tertiary/aromatic N) is 2. The summed E-state index contributed by atoms with van der Waals surface area (Å²) in [5.41, 5.74) is 7.59. The van der Waals surface area contributed by atoms with Crippen molar-refractivity contribution in [1.29, 1.82) is 0 Å². The van der Waals surface area contributed by atoms with Gasteiger partial charge in [-0.3, -0.25) is 5.10 Å². The molecule has 5 N–H and O–H groups in total. The third-order valence-electron chi connectivity index (χ3n) is 4.26. The van der Waals surface area contributed by atoms with Crippen LogP contribution in [-0.4, -0.2) is 43.5 Å². The number of carboxylic acids is 2. The molecule has 0 saturated heterocycles. The average molecular weight is 412 g/mol. The Morgan fingerprint density at radius 3 is 2.38 bits per heavy atom. The van der Waals surface area contributed by atoms with Gasteiger partial charge in [0.1, 0.15) is 5.82 Å². The minimum Gasteiger partial charge on any atom is -0.478 e. The Kier molecular flexibility index (Phi) is 6.75. The van der Waals surface area contributed by atoms with Gasteiger partial charge in [-0.15, -0.1) is 0 Å². The van der Waals surface area contributed by atoms with Crippen molar-refractivity contribution in [1.82, 2.24) is 15.2 Å². The lowest BCUT2D eigenvalue weighted by Gasteiger charge is -2.19. The SMILES string of the molecule is NC1(c2nc(-c3cccc(/C=C/C(=O)O)c3)n[nH]2)CCCC1.O=C(O)C(F)(F)F. The highest BCUT2D eigenvalue weighted by Gasteiger charge is 2.38. The second kappa shape index (κ2) is 8.86. The monoisotopic (exact) mass is 412 g/mol. The van der Waals surface area contributed by atoms with Crippen LogP contribution in [0.2, 0.25) is 0 Å². The Morgan fingerprint density at radius 1 is 1.21 bits per heavy atom. The summed E-state index contributed by atoms with van der Waals surface area (Å²) in [6, 6.07) is 7.42. The fourth-order valence-electron chi connectivity index (χ4n) is 2.81. The molecule has 1 aliphatic rings. The molecule has 3 rings (SSSR count). The smallest absolute Gasteiger partial charge is 0.478 e. The molecule has 0 atom stereocenters. The molecule has 2 aromatic rings. The van der Waals surface area contributed by atoms with Crippen LogP contribution in [-0.2, 0) is 15.1 Å². The van der Waals surface area contributed by atoms with Crippen molar-refractivity contribution in [2.45, 2.75) is 37.4 Å². The number of rotatable bonds is 4. The number of carboxylic acid groups (broad SMARTS) is 2. The molecule has 1 aromatic carbocycles. The van der Waals surface area contributed by atoms with Crippen LogP contribution >= 0.6 is 0 Å². The highest BCUT2D eigenvalue weighted by molar-refractivity contribution is 5.85. The van der Waals surface area contributed by atoms with Crippen molar-refractivity contribution < 1.29 is 33.0 Å². The molecule has 8 nitrogen and oxygen atoms in total. The quantitative estimate of drug-likeness (QED) is 0.566. The molecule has 0 amide bonds. The number of H-pyrrole nitrogens is 1. The first kappa shape index (κ1) is 22.1. The molecule has 11 heteroatoms. The van der Waals surface area contributed by atoms with E-state index in [-0.39, 0.29) is 0 Å².